The van der Waals surface area contributed by atoms with Gasteiger partial charge in [-0.1, -0.05) is 12.1 Å². The van der Waals surface area contributed by atoms with Crippen LogP contribution in [0.25, 0.3) is 10.9 Å². The first-order valence-corrected chi connectivity index (χ1v) is 8.69. The molecule has 134 valence electrons. The quantitative estimate of drug-likeness (QED) is 0.651. The number of benzene rings is 1. The number of methoxy groups -OCH3 is 1. The highest BCUT2D eigenvalue weighted by Crippen LogP contribution is 2.28. The number of carbonyl (C=O) groups excluding carboxylic acids is 1. The van der Waals surface area contributed by atoms with Crippen LogP contribution in [0.5, 0.6) is 5.75 Å². The molecule has 1 aromatic carbocycles. The van der Waals surface area contributed by atoms with E-state index in [1.165, 1.54) is 20.0 Å². The van der Waals surface area contributed by atoms with Gasteiger partial charge in [0, 0.05) is 18.5 Å². The Morgan fingerprint density at radius 3 is 2.81 bits per heavy atom. The second-order valence-electron chi connectivity index (χ2n) is 6.24. The molecule has 26 heavy (non-hydrogen) atoms. The molecule has 0 amide bonds. The van der Waals surface area contributed by atoms with E-state index in [-0.39, 0.29) is 12.4 Å². The van der Waals surface area contributed by atoms with Gasteiger partial charge < -0.3 is 18.8 Å². The van der Waals surface area contributed by atoms with Gasteiger partial charge in [-0.2, -0.15) is 0 Å². The maximum atomic E-state index is 11.5. The van der Waals surface area contributed by atoms with E-state index < -0.39 is 5.97 Å². The first-order chi connectivity index (χ1) is 12.7. The maximum Gasteiger partial charge on any atom is 0.373 e. The summed E-state index contributed by atoms with van der Waals surface area (Å²) in [6, 6.07) is 13.3. The van der Waals surface area contributed by atoms with Crippen LogP contribution in [0.2, 0.25) is 0 Å². The van der Waals surface area contributed by atoms with Gasteiger partial charge in [-0.15, -0.1) is 0 Å². The Morgan fingerprint density at radius 2 is 2.00 bits per heavy atom. The molecule has 1 fully saturated rings. The number of anilines is 1. The SMILES string of the molecule is COC(=O)c1ccc(COc2cccc3ccc(N4CCCC4)nc23)o1. The first-order valence-electron chi connectivity index (χ1n) is 8.69. The summed E-state index contributed by atoms with van der Waals surface area (Å²) in [5.41, 5.74) is 0.830. The predicted molar refractivity (Wildman–Crippen MR) is 97.6 cm³/mol. The first kappa shape index (κ1) is 16.4. The van der Waals surface area contributed by atoms with Gasteiger partial charge in [-0.05, 0) is 43.2 Å². The van der Waals surface area contributed by atoms with Crippen LogP contribution in [0, 0.1) is 0 Å². The van der Waals surface area contributed by atoms with Crippen LogP contribution in [-0.4, -0.2) is 31.2 Å². The topological polar surface area (TPSA) is 64.8 Å². The average molecular weight is 352 g/mol. The van der Waals surface area contributed by atoms with Crippen LogP contribution in [0.15, 0.2) is 46.9 Å². The molecule has 0 saturated carbocycles. The van der Waals surface area contributed by atoms with E-state index in [0.29, 0.717) is 11.5 Å². The Kier molecular flexibility index (Phi) is 4.48. The van der Waals surface area contributed by atoms with Crippen LogP contribution in [0.4, 0.5) is 5.82 Å². The molecule has 3 aromatic rings. The molecule has 0 atom stereocenters. The summed E-state index contributed by atoms with van der Waals surface area (Å²) in [6.45, 7) is 2.31. The number of hydrogen-bond donors (Lipinski definition) is 0. The van der Waals surface area contributed by atoms with Crippen LogP contribution < -0.4 is 9.64 Å². The van der Waals surface area contributed by atoms with Gasteiger partial charge in [0.1, 0.15) is 29.5 Å². The van der Waals surface area contributed by atoms with Crippen molar-refractivity contribution in [2.24, 2.45) is 0 Å². The zero-order chi connectivity index (χ0) is 17.9. The zero-order valence-electron chi connectivity index (χ0n) is 14.6. The number of nitrogens with zero attached hydrogens (tertiary/aromatic N) is 2. The lowest BCUT2D eigenvalue weighted by molar-refractivity contribution is 0.0561. The van der Waals surface area contributed by atoms with Gasteiger partial charge in [0.2, 0.25) is 5.76 Å². The zero-order valence-corrected chi connectivity index (χ0v) is 14.6. The number of hydrogen-bond acceptors (Lipinski definition) is 6. The minimum Gasteiger partial charge on any atom is -0.483 e. The molecule has 3 heterocycles. The molecule has 4 rings (SSSR count). The summed E-state index contributed by atoms with van der Waals surface area (Å²) in [5, 5.41) is 1.03. The number of furan rings is 1. The summed E-state index contributed by atoms with van der Waals surface area (Å²) in [5.74, 6) is 1.89. The second-order valence-corrected chi connectivity index (χ2v) is 6.24. The molecule has 6 heteroatoms. The number of carbonyl (C=O) groups is 1. The molecule has 0 N–H and O–H groups in total. The van der Waals surface area contributed by atoms with Crippen molar-refractivity contribution in [2.75, 3.05) is 25.1 Å². The summed E-state index contributed by atoms with van der Waals surface area (Å²) >= 11 is 0. The third kappa shape index (κ3) is 3.22. The van der Waals surface area contributed by atoms with Gasteiger partial charge in [0.25, 0.3) is 0 Å². The third-order valence-electron chi connectivity index (χ3n) is 4.52. The molecular weight excluding hydrogens is 332 g/mol. The molecular formula is C20H20N2O4. The van der Waals surface area contributed by atoms with Crippen molar-refractivity contribution in [3.05, 3.63) is 54.0 Å². The molecule has 2 aromatic heterocycles. The normalized spacial score (nSPS) is 14.0. The van der Waals surface area contributed by atoms with Crippen molar-refractivity contribution in [1.29, 1.82) is 0 Å². The number of aromatic nitrogens is 1. The number of esters is 1. The fraction of sp³-hybridized carbons (Fsp3) is 0.300. The third-order valence-corrected chi connectivity index (χ3v) is 4.52. The van der Waals surface area contributed by atoms with Crippen molar-refractivity contribution >= 4 is 22.7 Å². The van der Waals surface area contributed by atoms with Crippen molar-refractivity contribution < 1.29 is 18.7 Å². The Bertz CT molecular complexity index is 928. The summed E-state index contributed by atoms with van der Waals surface area (Å²) in [7, 11) is 1.32. The number of para-hydroxylation sites is 1. The Labute approximate surface area is 151 Å². The number of fused-ring (bicyclic) bond motifs is 1. The molecule has 0 spiro atoms. The second kappa shape index (κ2) is 7.07. The number of ether oxygens (including phenoxy) is 2. The van der Waals surface area contributed by atoms with Gasteiger partial charge in [-0.3, -0.25) is 0 Å². The Hall–Kier alpha value is -3.02. The van der Waals surface area contributed by atoms with Crippen molar-refractivity contribution in [3.63, 3.8) is 0 Å². The minimum atomic E-state index is -0.502. The predicted octanol–water partition coefficient (Wildman–Crippen LogP) is 3.79. The molecule has 6 nitrogen and oxygen atoms in total. The van der Waals surface area contributed by atoms with Gasteiger partial charge in [0.15, 0.2) is 0 Å². The molecule has 0 aliphatic carbocycles. The van der Waals surface area contributed by atoms with Gasteiger partial charge in [-0.25, -0.2) is 9.78 Å². The smallest absolute Gasteiger partial charge is 0.373 e. The van der Waals surface area contributed by atoms with E-state index in [1.807, 2.05) is 18.2 Å². The van der Waals surface area contributed by atoms with E-state index in [2.05, 4.69) is 21.8 Å². The molecule has 0 unspecified atom stereocenters. The maximum absolute atomic E-state index is 11.5. The highest BCUT2D eigenvalue weighted by Gasteiger charge is 2.15. The van der Waals surface area contributed by atoms with E-state index in [4.69, 9.17) is 14.1 Å². The van der Waals surface area contributed by atoms with E-state index in [1.54, 1.807) is 12.1 Å². The number of rotatable bonds is 5. The highest BCUT2D eigenvalue weighted by atomic mass is 16.5. The average Bonchev–Trinajstić information content (AvgIpc) is 3.37. The fourth-order valence-corrected chi connectivity index (χ4v) is 3.16. The van der Waals surface area contributed by atoms with Crippen LogP contribution in [-0.2, 0) is 11.3 Å². The molecule has 0 radical (unpaired) electrons. The Balaban J connectivity index is 1.56. The van der Waals surface area contributed by atoms with E-state index >= 15 is 0 Å². The van der Waals surface area contributed by atoms with Crippen LogP contribution >= 0.6 is 0 Å². The summed E-state index contributed by atoms with van der Waals surface area (Å²) < 4.78 is 16.0. The lowest BCUT2D eigenvalue weighted by Gasteiger charge is -2.17. The lowest BCUT2D eigenvalue weighted by Crippen LogP contribution is -2.18. The largest absolute Gasteiger partial charge is 0.483 e. The minimum absolute atomic E-state index is 0.165. The molecule has 1 aliphatic rings. The molecule has 1 aliphatic heterocycles. The van der Waals surface area contributed by atoms with Crippen molar-refractivity contribution in [3.8, 4) is 5.75 Å². The van der Waals surface area contributed by atoms with Crippen LogP contribution in [0.3, 0.4) is 0 Å². The Morgan fingerprint density at radius 1 is 1.15 bits per heavy atom. The lowest BCUT2D eigenvalue weighted by atomic mass is 10.2. The van der Waals surface area contributed by atoms with Crippen molar-refractivity contribution in [1.82, 2.24) is 4.98 Å². The molecule has 1 saturated heterocycles. The molecule has 0 bridgehead atoms. The summed E-state index contributed by atoms with van der Waals surface area (Å²) in [6.07, 6.45) is 2.41. The van der Waals surface area contributed by atoms with Crippen LogP contribution in [0.1, 0.15) is 29.2 Å². The highest BCUT2D eigenvalue weighted by molar-refractivity contribution is 5.86. The standard InChI is InChI=1S/C20H20N2O4/c1-24-20(23)17-9-8-15(26-17)13-25-16-6-4-5-14-7-10-18(21-19(14)16)22-11-2-3-12-22/h4-10H,2-3,11-13H2,1H3. The van der Waals surface area contributed by atoms with Crippen molar-refractivity contribution in [2.45, 2.75) is 19.4 Å². The van der Waals surface area contributed by atoms with Gasteiger partial charge in [0.05, 0.1) is 7.11 Å². The summed E-state index contributed by atoms with van der Waals surface area (Å²) in [4.78, 5) is 18.6. The monoisotopic (exact) mass is 352 g/mol. The number of pyridine rings is 1. The fourth-order valence-electron chi connectivity index (χ4n) is 3.16. The van der Waals surface area contributed by atoms with Gasteiger partial charge >= 0.3 is 5.97 Å². The van der Waals surface area contributed by atoms with E-state index in [0.717, 1.165) is 29.8 Å². The van der Waals surface area contributed by atoms with E-state index in [9.17, 15) is 4.79 Å².